The van der Waals surface area contributed by atoms with E-state index in [0.29, 0.717) is 6.54 Å². The van der Waals surface area contributed by atoms with Crippen LogP contribution in [0.1, 0.15) is 48.5 Å². The van der Waals surface area contributed by atoms with Gasteiger partial charge in [-0.05, 0) is 62.4 Å². The molecule has 0 spiro atoms. The maximum absolute atomic E-state index is 12.2. The van der Waals surface area contributed by atoms with Gasteiger partial charge in [-0.3, -0.25) is 9.69 Å². The summed E-state index contributed by atoms with van der Waals surface area (Å²) >= 11 is 0. The van der Waals surface area contributed by atoms with Crippen LogP contribution >= 0.6 is 0 Å². The number of benzene rings is 1. The van der Waals surface area contributed by atoms with Gasteiger partial charge in [0.2, 0.25) is 0 Å². The van der Waals surface area contributed by atoms with Crippen LogP contribution in [-0.2, 0) is 11.3 Å². The molecule has 0 aromatic heterocycles. The highest BCUT2D eigenvalue weighted by Gasteiger charge is 2.17. The maximum atomic E-state index is 12.2. The van der Waals surface area contributed by atoms with Gasteiger partial charge in [-0.1, -0.05) is 19.1 Å². The van der Waals surface area contributed by atoms with Crippen molar-refractivity contribution in [1.29, 1.82) is 0 Å². The summed E-state index contributed by atoms with van der Waals surface area (Å²) in [6.07, 6.45) is 4.94. The monoisotopic (exact) mass is 316 g/mol. The number of piperidine rings is 1. The number of nitrogens with zero attached hydrogens (tertiary/aromatic N) is 1. The number of hydrogen-bond acceptors (Lipinski definition) is 3. The number of carbonyl (C=O) groups excluding carboxylic acids is 1. The number of ether oxygens (including phenoxy) is 1. The predicted octanol–water partition coefficient (Wildman–Crippen LogP) is 2.83. The van der Waals surface area contributed by atoms with Crippen molar-refractivity contribution in [3.05, 3.63) is 35.4 Å². The van der Waals surface area contributed by atoms with Gasteiger partial charge in [0.25, 0.3) is 5.91 Å². The van der Waals surface area contributed by atoms with E-state index >= 15 is 0 Å². The molecular weight excluding hydrogens is 288 g/mol. The van der Waals surface area contributed by atoms with Gasteiger partial charge >= 0.3 is 0 Å². The molecule has 2 aliphatic heterocycles. The molecule has 1 amide bonds. The summed E-state index contributed by atoms with van der Waals surface area (Å²) in [7, 11) is 0. The van der Waals surface area contributed by atoms with Gasteiger partial charge in [-0.15, -0.1) is 0 Å². The third-order valence-electron chi connectivity index (χ3n) is 5.01. The number of hydrogen-bond donors (Lipinski definition) is 1. The summed E-state index contributed by atoms with van der Waals surface area (Å²) in [6, 6.07) is 8.04. The molecule has 4 heteroatoms. The van der Waals surface area contributed by atoms with Crippen LogP contribution in [0.5, 0.6) is 0 Å². The summed E-state index contributed by atoms with van der Waals surface area (Å²) in [6.45, 7) is 7.14. The molecule has 1 aromatic rings. The highest BCUT2D eigenvalue weighted by atomic mass is 16.5. The van der Waals surface area contributed by atoms with Crippen LogP contribution in [-0.4, -0.2) is 43.2 Å². The minimum Gasteiger partial charge on any atom is -0.376 e. The second-order valence-corrected chi connectivity index (χ2v) is 7.00. The number of amides is 1. The highest BCUT2D eigenvalue weighted by Crippen LogP contribution is 2.18. The van der Waals surface area contributed by atoms with Gasteiger partial charge in [-0.2, -0.15) is 0 Å². The van der Waals surface area contributed by atoms with Crippen molar-refractivity contribution in [1.82, 2.24) is 10.2 Å². The third-order valence-corrected chi connectivity index (χ3v) is 5.01. The van der Waals surface area contributed by atoms with Crippen LogP contribution in [0.3, 0.4) is 0 Å². The molecule has 4 nitrogen and oxygen atoms in total. The first kappa shape index (κ1) is 16.5. The molecule has 0 radical (unpaired) electrons. The van der Waals surface area contributed by atoms with E-state index in [4.69, 9.17) is 4.74 Å². The van der Waals surface area contributed by atoms with Crippen molar-refractivity contribution >= 4 is 5.91 Å². The average molecular weight is 316 g/mol. The van der Waals surface area contributed by atoms with Crippen molar-refractivity contribution in [3.8, 4) is 0 Å². The lowest BCUT2D eigenvalue weighted by Crippen LogP contribution is -2.32. The second-order valence-electron chi connectivity index (χ2n) is 7.00. The number of nitrogens with one attached hydrogen (secondary N) is 1. The van der Waals surface area contributed by atoms with E-state index in [1.54, 1.807) is 0 Å². The minimum atomic E-state index is -0.00107. The van der Waals surface area contributed by atoms with Crippen LogP contribution in [0.15, 0.2) is 24.3 Å². The van der Waals surface area contributed by atoms with E-state index in [2.05, 4.69) is 29.3 Å². The first-order chi connectivity index (χ1) is 11.2. The molecule has 1 atom stereocenters. The Labute approximate surface area is 139 Å². The molecule has 2 saturated heterocycles. The summed E-state index contributed by atoms with van der Waals surface area (Å²) in [5.41, 5.74) is 2.02. The SMILES string of the molecule is CC1CCN(Cc2ccc(C(=O)NC[C@@H]3CCCO3)cc2)CC1. The quantitative estimate of drug-likeness (QED) is 0.908. The fourth-order valence-electron chi connectivity index (χ4n) is 3.35. The fraction of sp³-hybridized carbons (Fsp3) is 0.632. The van der Waals surface area contributed by atoms with Gasteiger partial charge < -0.3 is 10.1 Å². The zero-order valence-corrected chi connectivity index (χ0v) is 14.1. The van der Waals surface area contributed by atoms with Crippen molar-refractivity contribution in [2.75, 3.05) is 26.2 Å². The first-order valence-electron chi connectivity index (χ1n) is 8.92. The van der Waals surface area contributed by atoms with Crippen LogP contribution in [0.2, 0.25) is 0 Å². The normalized spacial score (nSPS) is 23.1. The lowest BCUT2D eigenvalue weighted by molar-refractivity contribution is 0.0857. The zero-order valence-electron chi connectivity index (χ0n) is 14.1. The molecule has 0 bridgehead atoms. The summed E-state index contributed by atoms with van der Waals surface area (Å²) in [5.74, 6) is 0.861. The molecule has 1 N–H and O–H groups in total. The van der Waals surface area contributed by atoms with E-state index in [1.165, 1.54) is 31.5 Å². The van der Waals surface area contributed by atoms with Gasteiger partial charge in [0.15, 0.2) is 0 Å². The molecule has 3 rings (SSSR count). The Hall–Kier alpha value is -1.39. The van der Waals surface area contributed by atoms with E-state index in [-0.39, 0.29) is 12.0 Å². The van der Waals surface area contributed by atoms with Crippen LogP contribution in [0.4, 0.5) is 0 Å². The molecule has 2 fully saturated rings. The maximum Gasteiger partial charge on any atom is 0.251 e. The number of likely N-dealkylation sites (tertiary alicyclic amines) is 1. The van der Waals surface area contributed by atoms with Gasteiger partial charge in [0, 0.05) is 25.3 Å². The van der Waals surface area contributed by atoms with Gasteiger partial charge in [0.05, 0.1) is 6.10 Å². The molecule has 0 aliphatic carbocycles. The Morgan fingerprint density at radius 3 is 2.61 bits per heavy atom. The topological polar surface area (TPSA) is 41.6 Å². The predicted molar refractivity (Wildman–Crippen MR) is 91.4 cm³/mol. The standard InChI is InChI=1S/C19H28N2O2/c1-15-8-10-21(11-9-15)14-16-4-6-17(7-5-16)19(22)20-13-18-3-2-12-23-18/h4-7,15,18H,2-3,8-14H2,1H3,(H,20,22)/t18-/m0/s1. The molecule has 2 aliphatic rings. The van der Waals surface area contributed by atoms with Crippen molar-refractivity contribution < 1.29 is 9.53 Å². The van der Waals surface area contributed by atoms with E-state index < -0.39 is 0 Å². The zero-order chi connectivity index (χ0) is 16.1. The Balaban J connectivity index is 1.47. The fourth-order valence-corrected chi connectivity index (χ4v) is 3.35. The first-order valence-corrected chi connectivity index (χ1v) is 8.92. The molecule has 0 unspecified atom stereocenters. The number of carbonyl (C=O) groups is 1. The van der Waals surface area contributed by atoms with Crippen molar-refractivity contribution in [2.45, 2.75) is 45.3 Å². The van der Waals surface area contributed by atoms with E-state index in [0.717, 1.165) is 37.5 Å². The Kier molecular flexibility index (Phi) is 5.68. The summed E-state index contributed by atoms with van der Waals surface area (Å²) in [5, 5.41) is 2.97. The lowest BCUT2D eigenvalue weighted by Gasteiger charge is -2.30. The summed E-state index contributed by atoms with van der Waals surface area (Å²) in [4.78, 5) is 14.7. The van der Waals surface area contributed by atoms with Crippen molar-refractivity contribution in [3.63, 3.8) is 0 Å². The van der Waals surface area contributed by atoms with Crippen LogP contribution in [0, 0.1) is 5.92 Å². The van der Waals surface area contributed by atoms with Gasteiger partial charge in [0.1, 0.15) is 0 Å². The Bertz CT molecular complexity index is 501. The van der Waals surface area contributed by atoms with E-state index in [9.17, 15) is 4.79 Å². The molecule has 1 aromatic carbocycles. The molecular formula is C19H28N2O2. The molecule has 23 heavy (non-hydrogen) atoms. The van der Waals surface area contributed by atoms with Crippen LogP contribution in [0.25, 0.3) is 0 Å². The molecule has 2 heterocycles. The highest BCUT2D eigenvalue weighted by molar-refractivity contribution is 5.94. The average Bonchev–Trinajstić information content (AvgIpc) is 3.09. The van der Waals surface area contributed by atoms with Crippen LogP contribution < -0.4 is 5.32 Å². The number of rotatable bonds is 5. The largest absolute Gasteiger partial charge is 0.376 e. The Morgan fingerprint density at radius 2 is 1.96 bits per heavy atom. The smallest absolute Gasteiger partial charge is 0.251 e. The second kappa shape index (κ2) is 7.93. The van der Waals surface area contributed by atoms with E-state index in [1.807, 2.05) is 12.1 Å². The molecule has 126 valence electrons. The van der Waals surface area contributed by atoms with Crippen molar-refractivity contribution in [2.24, 2.45) is 5.92 Å². The Morgan fingerprint density at radius 1 is 1.22 bits per heavy atom. The molecule has 0 saturated carbocycles. The minimum absolute atomic E-state index is 0.00107. The van der Waals surface area contributed by atoms with Gasteiger partial charge in [-0.25, -0.2) is 0 Å². The lowest BCUT2D eigenvalue weighted by atomic mass is 9.99. The third kappa shape index (κ3) is 4.79. The summed E-state index contributed by atoms with van der Waals surface area (Å²) < 4.78 is 5.53.